The van der Waals surface area contributed by atoms with Crippen LogP contribution in [0.25, 0.3) is 0 Å². The van der Waals surface area contributed by atoms with Crippen molar-refractivity contribution in [3.63, 3.8) is 0 Å². The fourth-order valence-corrected chi connectivity index (χ4v) is 0.759. The number of hydrogen-bond acceptors (Lipinski definition) is 5. The zero-order valence-electron chi connectivity index (χ0n) is 9.31. The third-order valence-corrected chi connectivity index (χ3v) is 1.55. The van der Waals surface area contributed by atoms with Gasteiger partial charge in [-0.25, -0.2) is 0 Å². The van der Waals surface area contributed by atoms with Crippen molar-refractivity contribution < 1.29 is 24.5 Å². The van der Waals surface area contributed by atoms with E-state index in [1.165, 1.54) is 0 Å². The first kappa shape index (κ1) is 14.3. The van der Waals surface area contributed by atoms with Crippen LogP contribution in [0.2, 0.25) is 0 Å². The van der Waals surface area contributed by atoms with Crippen LogP contribution in [0.1, 0.15) is 20.3 Å². The van der Waals surface area contributed by atoms with Crippen molar-refractivity contribution in [3.8, 4) is 0 Å². The van der Waals surface area contributed by atoms with Gasteiger partial charge in [-0.1, -0.05) is 13.8 Å². The summed E-state index contributed by atoms with van der Waals surface area (Å²) >= 11 is 0. The molecule has 0 aromatic heterocycles. The summed E-state index contributed by atoms with van der Waals surface area (Å²) in [5.41, 5.74) is 0. The van der Waals surface area contributed by atoms with Crippen LogP contribution in [0.5, 0.6) is 0 Å². The van der Waals surface area contributed by atoms with Crippen molar-refractivity contribution in [1.82, 2.24) is 0 Å². The Hall–Kier alpha value is -0.650. The molecule has 0 aliphatic heterocycles. The summed E-state index contributed by atoms with van der Waals surface area (Å²) in [5, 5.41) is 17.4. The minimum Gasteiger partial charge on any atom is -0.465 e. The van der Waals surface area contributed by atoms with Gasteiger partial charge in [0, 0.05) is 0 Å². The van der Waals surface area contributed by atoms with E-state index in [0.29, 0.717) is 12.5 Å². The molecule has 0 amide bonds. The summed E-state index contributed by atoms with van der Waals surface area (Å²) in [6, 6.07) is 0. The fraction of sp³-hybridized carbons (Fsp3) is 0.900. The fourth-order valence-electron chi connectivity index (χ4n) is 0.759. The molecule has 0 heterocycles. The van der Waals surface area contributed by atoms with Gasteiger partial charge < -0.3 is 19.7 Å². The highest BCUT2D eigenvalue weighted by molar-refractivity contribution is 5.69. The second-order valence-corrected chi connectivity index (χ2v) is 3.74. The molecule has 0 radical (unpaired) electrons. The van der Waals surface area contributed by atoms with Gasteiger partial charge in [0.15, 0.2) is 0 Å². The highest BCUT2D eigenvalue weighted by atomic mass is 16.5. The summed E-state index contributed by atoms with van der Waals surface area (Å²) in [5.74, 6) is 0.0215. The van der Waals surface area contributed by atoms with Crippen LogP contribution in [0.4, 0.5) is 0 Å². The van der Waals surface area contributed by atoms with Gasteiger partial charge in [0.2, 0.25) is 0 Å². The minimum atomic E-state index is -0.878. The van der Waals surface area contributed by atoms with E-state index >= 15 is 0 Å². The lowest BCUT2D eigenvalue weighted by atomic mass is 10.2. The number of aliphatic hydroxyl groups excluding tert-OH is 2. The maximum absolute atomic E-state index is 11.0. The minimum absolute atomic E-state index is 0.0357. The van der Waals surface area contributed by atoms with Crippen molar-refractivity contribution >= 4 is 5.97 Å². The number of carbonyl (C=O) groups excluding carboxylic acids is 1. The molecule has 90 valence electrons. The molecular formula is C10H20O5. The largest absolute Gasteiger partial charge is 0.465 e. The third kappa shape index (κ3) is 9.65. The monoisotopic (exact) mass is 220 g/mol. The molecule has 0 saturated heterocycles. The summed E-state index contributed by atoms with van der Waals surface area (Å²) < 4.78 is 9.86. The van der Waals surface area contributed by atoms with Gasteiger partial charge >= 0.3 is 5.97 Å². The Balaban J connectivity index is 3.31. The van der Waals surface area contributed by atoms with E-state index in [-0.39, 0.29) is 32.2 Å². The Labute approximate surface area is 90.0 Å². The molecule has 5 heteroatoms. The maximum atomic E-state index is 11.0. The molecule has 0 aliphatic rings. The highest BCUT2D eigenvalue weighted by Crippen LogP contribution is 1.96. The van der Waals surface area contributed by atoms with E-state index < -0.39 is 6.10 Å². The standard InChI is InChI=1S/C10H20O5/c1-8(2)6-15-10(13)3-4-14-7-9(12)5-11/h8-9,11-12H,3-7H2,1-2H3. The van der Waals surface area contributed by atoms with Gasteiger partial charge in [0.1, 0.15) is 6.10 Å². The molecule has 0 saturated carbocycles. The number of aliphatic hydroxyl groups is 2. The van der Waals surface area contributed by atoms with Gasteiger partial charge in [-0.05, 0) is 5.92 Å². The van der Waals surface area contributed by atoms with Crippen LogP contribution in [0.3, 0.4) is 0 Å². The average molecular weight is 220 g/mol. The normalized spacial score (nSPS) is 12.9. The van der Waals surface area contributed by atoms with Crippen LogP contribution >= 0.6 is 0 Å². The summed E-state index contributed by atoms with van der Waals surface area (Å²) in [4.78, 5) is 11.0. The second kappa shape index (κ2) is 8.64. The molecule has 0 rings (SSSR count). The van der Waals surface area contributed by atoms with Crippen LogP contribution in [-0.4, -0.2) is 48.7 Å². The first-order valence-corrected chi connectivity index (χ1v) is 5.08. The van der Waals surface area contributed by atoms with Crippen LogP contribution in [0.15, 0.2) is 0 Å². The third-order valence-electron chi connectivity index (χ3n) is 1.55. The van der Waals surface area contributed by atoms with Crippen LogP contribution in [0, 0.1) is 5.92 Å². The topological polar surface area (TPSA) is 76.0 Å². The molecule has 0 aromatic rings. The van der Waals surface area contributed by atoms with E-state index in [2.05, 4.69) is 0 Å². The molecule has 15 heavy (non-hydrogen) atoms. The Kier molecular flexibility index (Phi) is 8.27. The molecule has 2 N–H and O–H groups in total. The lowest BCUT2D eigenvalue weighted by molar-refractivity contribution is -0.146. The Morgan fingerprint density at radius 2 is 2.00 bits per heavy atom. The van der Waals surface area contributed by atoms with E-state index in [1.807, 2.05) is 13.8 Å². The van der Waals surface area contributed by atoms with Crippen molar-refractivity contribution in [2.24, 2.45) is 5.92 Å². The lowest BCUT2D eigenvalue weighted by Gasteiger charge is -2.09. The molecule has 0 bridgehead atoms. The first-order chi connectivity index (χ1) is 7.06. The average Bonchev–Trinajstić information content (AvgIpc) is 2.21. The maximum Gasteiger partial charge on any atom is 0.308 e. The first-order valence-electron chi connectivity index (χ1n) is 5.08. The molecule has 0 aromatic carbocycles. The summed E-state index contributed by atoms with van der Waals surface area (Å²) in [7, 11) is 0. The van der Waals surface area contributed by atoms with Crippen LogP contribution in [-0.2, 0) is 14.3 Å². The number of esters is 1. The zero-order chi connectivity index (χ0) is 11.7. The molecule has 1 atom stereocenters. The number of rotatable bonds is 8. The molecule has 0 fully saturated rings. The van der Waals surface area contributed by atoms with E-state index in [9.17, 15) is 4.79 Å². The van der Waals surface area contributed by atoms with Crippen molar-refractivity contribution in [2.45, 2.75) is 26.4 Å². The van der Waals surface area contributed by atoms with E-state index in [1.54, 1.807) is 0 Å². The Morgan fingerprint density at radius 3 is 2.53 bits per heavy atom. The molecule has 5 nitrogen and oxygen atoms in total. The van der Waals surface area contributed by atoms with Gasteiger partial charge in [0.25, 0.3) is 0 Å². The summed E-state index contributed by atoms with van der Waals surface area (Å²) in [6.45, 7) is 4.24. The molecule has 0 aliphatic carbocycles. The van der Waals surface area contributed by atoms with Crippen molar-refractivity contribution in [1.29, 1.82) is 0 Å². The predicted molar refractivity (Wildman–Crippen MR) is 54.3 cm³/mol. The van der Waals surface area contributed by atoms with E-state index in [0.717, 1.165) is 0 Å². The smallest absolute Gasteiger partial charge is 0.308 e. The molecule has 0 spiro atoms. The van der Waals surface area contributed by atoms with Gasteiger partial charge in [0.05, 0.1) is 32.8 Å². The van der Waals surface area contributed by atoms with Crippen molar-refractivity contribution in [3.05, 3.63) is 0 Å². The Morgan fingerprint density at radius 1 is 1.33 bits per heavy atom. The van der Waals surface area contributed by atoms with E-state index in [4.69, 9.17) is 19.7 Å². The second-order valence-electron chi connectivity index (χ2n) is 3.74. The number of ether oxygens (including phenoxy) is 2. The number of hydrogen-bond donors (Lipinski definition) is 2. The van der Waals surface area contributed by atoms with Gasteiger partial charge in [-0.2, -0.15) is 0 Å². The Bertz CT molecular complexity index is 169. The predicted octanol–water partition coefficient (Wildman–Crippen LogP) is -0.0545. The molecule has 1 unspecified atom stereocenters. The van der Waals surface area contributed by atoms with Gasteiger partial charge in [-0.15, -0.1) is 0 Å². The SMILES string of the molecule is CC(C)COC(=O)CCOCC(O)CO. The van der Waals surface area contributed by atoms with Crippen LogP contribution < -0.4 is 0 Å². The summed E-state index contributed by atoms with van der Waals surface area (Å²) in [6.07, 6.45) is -0.707. The van der Waals surface area contributed by atoms with Gasteiger partial charge in [-0.3, -0.25) is 4.79 Å². The lowest BCUT2D eigenvalue weighted by Crippen LogP contribution is -2.20. The number of carbonyl (C=O) groups is 1. The highest BCUT2D eigenvalue weighted by Gasteiger charge is 2.06. The quantitative estimate of drug-likeness (QED) is 0.443. The van der Waals surface area contributed by atoms with Crippen molar-refractivity contribution in [2.75, 3.05) is 26.4 Å². The molecular weight excluding hydrogens is 200 g/mol. The zero-order valence-corrected chi connectivity index (χ0v) is 9.31.